The quantitative estimate of drug-likeness (QED) is 0.120. The molecule has 1 unspecified atom stereocenters. The van der Waals surface area contributed by atoms with E-state index in [9.17, 15) is 9.59 Å². The molecule has 0 aliphatic heterocycles. The summed E-state index contributed by atoms with van der Waals surface area (Å²) in [5.41, 5.74) is 2.71. The molecule has 0 N–H and O–H groups in total. The van der Waals surface area contributed by atoms with Crippen LogP contribution in [0, 0.1) is 0 Å². The van der Waals surface area contributed by atoms with Gasteiger partial charge in [0.25, 0.3) is 0 Å². The Morgan fingerprint density at radius 2 is 1.10 bits per heavy atom. The Hall–Kier alpha value is -1.18. The van der Waals surface area contributed by atoms with Crippen molar-refractivity contribution in [1.29, 1.82) is 0 Å². The molecule has 0 saturated heterocycles. The largest absolute Gasteiger partial charge is 0.466 e. The van der Waals surface area contributed by atoms with Crippen LogP contribution in [-0.2, 0) is 31.4 Å². The van der Waals surface area contributed by atoms with E-state index in [-0.39, 0.29) is 11.9 Å². The molecule has 0 aromatic heterocycles. The summed E-state index contributed by atoms with van der Waals surface area (Å²) in [6.07, 6.45) is 0.883. The summed E-state index contributed by atoms with van der Waals surface area (Å²) in [5.74, 6) is -0.666. The zero-order valence-corrected chi connectivity index (χ0v) is 32.5. The molecule has 224 valence electrons. The first-order valence-electron chi connectivity index (χ1n) is 13.6. The number of benzene rings is 1. The molecule has 0 aliphatic carbocycles. The SMILES string of the molecule is C=C(C)C(=O)OC[Si](C)C[Si](C)(C)O[Si](C)(C)O[Si](C)(O[Si](C)(C)C[Si](C)COC(=O)C(=C)C)c1ccccc1. The number of hydrogen-bond acceptors (Lipinski definition) is 7. The van der Waals surface area contributed by atoms with Gasteiger partial charge in [0.2, 0.25) is 0 Å². The van der Waals surface area contributed by atoms with Gasteiger partial charge < -0.3 is 21.8 Å². The van der Waals surface area contributed by atoms with E-state index < -0.39 is 51.4 Å². The fourth-order valence-electron chi connectivity index (χ4n) is 4.81. The van der Waals surface area contributed by atoms with Crippen LogP contribution in [0.1, 0.15) is 13.8 Å². The average Bonchev–Trinajstić information content (AvgIpc) is 2.78. The van der Waals surface area contributed by atoms with Crippen LogP contribution in [0.3, 0.4) is 0 Å². The highest BCUT2D eigenvalue weighted by Gasteiger charge is 2.48. The minimum Gasteiger partial charge on any atom is -0.466 e. The second-order valence-electron chi connectivity index (χ2n) is 12.5. The van der Waals surface area contributed by atoms with E-state index in [2.05, 4.69) is 84.2 Å². The van der Waals surface area contributed by atoms with Crippen LogP contribution in [0.2, 0.25) is 70.3 Å². The van der Waals surface area contributed by atoms with Gasteiger partial charge in [0.15, 0.2) is 16.6 Å². The van der Waals surface area contributed by atoms with Crippen LogP contribution in [-0.4, -0.2) is 75.7 Å². The molecule has 0 amide bonds. The molecule has 1 aromatic carbocycles. The van der Waals surface area contributed by atoms with Crippen molar-refractivity contribution in [1.82, 2.24) is 0 Å². The molecule has 1 rings (SSSR count). The van der Waals surface area contributed by atoms with E-state index in [1.54, 1.807) is 13.8 Å². The topological polar surface area (TPSA) is 80.3 Å². The lowest BCUT2D eigenvalue weighted by Crippen LogP contribution is -2.64. The van der Waals surface area contributed by atoms with Crippen molar-refractivity contribution in [3.63, 3.8) is 0 Å². The zero-order chi connectivity index (χ0) is 30.9. The van der Waals surface area contributed by atoms with Gasteiger partial charge in [-0.2, -0.15) is 0 Å². The molecule has 7 nitrogen and oxygen atoms in total. The Morgan fingerprint density at radius 3 is 1.50 bits per heavy atom. The van der Waals surface area contributed by atoms with Gasteiger partial charge in [0.05, 0.1) is 30.1 Å². The Kier molecular flexibility index (Phi) is 14.1. The monoisotopic (exact) mass is 654 g/mol. The van der Waals surface area contributed by atoms with Crippen LogP contribution in [0.25, 0.3) is 0 Å². The number of rotatable bonds is 17. The lowest BCUT2D eigenvalue weighted by atomic mass is 10.4. The van der Waals surface area contributed by atoms with Crippen LogP contribution >= 0.6 is 0 Å². The fourth-order valence-corrected chi connectivity index (χ4v) is 36.0. The van der Waals surface area contributed by atoms with Crippen LogP contribution in [0.15, 0.2) is 54.6 Å². The van der Waals surface area contributed by atoms with Gasteiger partial charge in [-0.05, 0) is 76.2 Å². The Labute approximate surface area is 250 Å². The van der Waals surface area contributed by atoms with Crippen molar-refractivity contribution in [3.8, 4) is 0 Å². The normalized spacial score (nSPS) is 14.1. The highest BCUT2D eigenvalue weighted by atomic mass is 28.5. The van der Waals surface area contributed by atoms with Gasteiger partial charge in [-0.1, -0.05) is 56.6 Å². The lowest BCUT2D eigenvalue weighted by molar-refractivity contribution is -0.137. The average molecular weight is 655 g/mol. The molecule has 0 heterocycles. The highest BCUT2D eigenvalue weighted by Crippen LogP contribution is 2.28. The molecule has 1 aromatic rings. The van der Waals surface area contributed by atoms with Gasteiger partial charge in [-0.15, -0.1) is 0 Å². The first-order valence-corrected chi connectivity index (χ1v) is 29.8. The van der Waals surface area contributed by atoms with Crippen LogP contribution in [0.5, 0.6) is 0 Å². The predicted octanol–water partition coefficient (Wildman–Crippen LogP) is 5.77. The second kappa shape index (κ2) is 15.3. The molecular weight excluding hydrogens is 605 g/mol. The van der Waals surface area contributed by atoms with E-state index in [4.69, 9.17) is 21.8 Å². The third-order valence-electron chi connectivity index (χ3n) is 5.78. The summed E-state index contributed by atoms with van der Waals surface area (Å²) in [5, 5.41) is 1.09. The van der Waals surface area contributed by atoms with E-state index in [0.717, 1.165) is 16.5 Å². The molecule has 0 fully saturated rings. The van der Waals surface area contributed by atoms with Gasteiger partial charge in [-0.25, -0.2) is 9.59 Å². The van der Waals surface area contributed by atoms with Crippen molar-refractivity contribution in [2.75, 3.05) is 12.5 Å². The summed E-state index contributed by atoms with van der Waals surface area (Å²) in [4.78, 5) is 23.7. The molecule has 0 saturated carbocycles. The molecule has 40 heavy (non-hydrogen) atoms. The maximum absolute atomic E-state index is 11.9. The van der Waals surface area contributed by atoms with Crippen molar-refractivity contribution in [2.45, 2.75) is 84.1 Å². The maximum Gasteiger partial charge on any atom is 0.350 e. The fraction of sp³-hybridized carbons (Fsp3) is 0.556. The van der Waals surface area contributed by atoms with Crippen molar-refractivity contribution in [3.05, 3.63) is 54.6 Å². The summed E-state index contributed by atoms with van der Waals surface area (Å²) >= 11 is 0. The van der Waals surface area contributed by atoms with E-state index in [0.29, 0.717) is 23.6 Å². The molecule has 1 atom stereocenters. The van der Waals surface area contributed by atoms with E-state index in [1.807, 2.05) is 18.2 Å². The van der Waals surface area contributed by atoms with Crippen molar-refractivity contribution < 1.29 is 31.4 Å². The molecule has 0 aliphatic rings. The third kappa shape index (κ3) is 13.7. The standard InChI is InChI=1S/C27H50O7Si6/c1-23(2)26(28)30-19-35(5)21-37(7,8)32-39(11,12)34-40(13,25-17-15-14-16-18-25)33-38(9,10)22-36(6)20-31-27(29)24(3)4/h14-18H,1,3,19-22H2,2,4-13H3. The first-order chi connectivity index (χ1) is 18.2. The summed E-state index contributed by atoms with van der Waals surface area (Å²) in [6.45, 7) is 30.3. The number of carbonyl (C=O) groups is 2. The summed E-state index contributed by atoms with van der Waals surface area (Å²) < 4.78 is 31.9. The van der Waals surface area contributed by atoms with E-state index in [1.165, 1.54) is 0 Å². The second-order valence-corrected chi connectivity index (χ2v) is 34.5. The summed E-state index contributed by atoms with van der Waals surface area (Å²) in [7, 11) is -11.7. The highest BCUT2D eigenvalue weighted by molar-refractivity contribution is 6.97. The minimum absolute atomic E-state index is 0.332. The predicted molar refractivity (Wildman–Crippen MR) is 178 cm³/mol. The first kappa shape index (κ1) is 36.8. The van der Waals surface area contributed by atoms with Crippen LogP contribution in [0.4, 0.5) is 0 Å². The lowest BCUT2D eigenvalue weighted by Gasteiger charge is -2.43. The van der Waals surface area contributed by atoms with Gasteiger partial charge in [-0.3, -0.25) is 0 Å². The summed E-state index contributed by atoms with van der Waals surface area (Å²) in [6, 6.07) is 10.3. The van der Waals surface area contributed by atoms with Crippen molar-refractivity contribution in [2.24, 2.45) is 0 Å². The molecule has 0 spiro atoms. The number of ether oxygens (including phenoxy) is 2. The smallest absolute Gasteiger partial charge is 0.350 e. The molecule has 13 heteroatoms. The Balaban J connectivity index is 3.03. The number of esters is 2. The molecule has 0 bridgehead atoms. The third-order valence-corrected chi connectivity index (χ3v) is 31.5. The Bertz CT molecular complexity index is 1030. The molecular formula is C27H50O7Si6. The maximum atomic E-state index is 11.9. The van der Waals surface area contributed by atoms with E-state index >= 15 is 0 Å². The minimum atomic E-state index is -2.86. The Morgan fingerprint density at radius 1 is 0.700 bits per heavy atom. The zero-order valence-electron chi connectivity index (χ0n) is 26.5. The van der Waals surface area contributed by atoms with Crippen molar-refractivity contribution >= 4 is 68.5 Å². The van der Waals surface area contributed by atoms with Gasteiger partial charge in [0.1, 0.15) is 0 Å². The number of carbonyl (C=O) groups excluding carboxylic acids is 2. The van der Waals surface area contributed by atoms with Gasteiger partial charge in [0, 0.05) is 11.1 Å². The molecule has 2 radical (unpaired) electrons. The number of hydrogen-bond donors (Lipinski definition) is 0. The van der Waals surface area contributed by atoms with Gasteiger partial charge >= 0.3 is 29.1 Å². The van der Waals surface area contributed by atoms with Crippen LogP contribution < -0.4 is 5.19 Å².